The molecule has 0 atom stereocenters. The SMILES string of the molecule is COc1cc(N)c2c(c1)C(=O)CCCN2C. The van der Waals surface area contributed by atoms with E-state index in [9.17, 15) is 4.79 Å². The van der Waals surface area contributed by atoms with Gasteiger partial charge in [0.2, 0.25) is 0 Å². The van der Waals surface area contributed by atoms with Crippen LogP contribution in [0.25, 0.3) is 0 Å². The number of ketones is 1. The summed E-state index contributed by atoms with van der Waals surface area (Å²) in [5.41, 5.74) is 8.08. The molecular formula is C12H16N2O2. The largest absolute Gasteiger partial charge is 0.497 e. The first kappa shape index (κ1) is 10.8. The Bertz CT molecular complexity index is 429. The van der Waals surface area contributed by atoms with Crippen LogP contribution in [0.4, 0.5) is 11.4 Å². The molecule has 0 saturated carbocycles. The molecule has 0 spiro atoms. The third kappa shape index (κ3) is 1.71. The number of benzene rings is 1. The van der Waals surface area contributed by atoms with Crippen LogP contribution in [0.3, 0.4) is 0 Å². The molecule has 0 unspecified atom stereocenters. The third-order valence-electron chi connectivity index (χ3n) is 2.93. The molecule has 0 amide bonds. The number of Topliss-reactive ketones (excluding diaryl/α,β-unsaturated/α-hetero) is 1. The molecule has 0 radical (unpaired) electrons. The molecule has 1 aliphatic heterocycles. The normalized spacial score (nSPS) is 15.6. The maximum absolute atomic E-state index is 11.9. The van der Waals surface area contributed by atoms with Crippen molar-refractivity contribution in [3.63, 3.8) is 0 Å². The highest BCUT2D eigenvalue weighted by molar-refractivity contribution is 6.05. The second-order valence-electron chi connectivity index (χ2n) is 4.06. The van der Waals surface area contributed by atoms with Crippen LogP contribution in [0.2, 0.25) is 0 Å². The van der Waals surface area contributed by atoms with Crippen molar-refractivity contribution >= 4 is 17.2 Å². The Morgan fingerprint density at radius 1 is 1.44 bits per heavy atom. The lowest BCUT2D eigenvalue weighted by Crippen LogP contribution is -2.19. The van der Waals surface area contributed by atoms with E-state index in [1.165, 1.54) is 0 Å². The average molecular weight is 220 g/mol. The minimum atomic E-state index is 0.143. The van der Waals surface area contributed by atoms with Gasteiger partial charge in [0.15, 0.2) is 5.78 Å². The summed E-state index contributed by atoms with van der Waals surface area (Å²) in [5.74, 6) is 0.782. The fourth-order valence-corrected chi connectivity index (χ4v) is 2.11. The van der Waals surface area contributed by atoms with Crippen LogP contribution in [0.5, 0.6) is 5.75 Å². The van der Waals surface area contributed by atoms with E-state index in [1.807, 2.05) is 11.9 Å². The van der Waals surface area contributed by atoms with Gasteiger partial charge in [-0.3, -0.25) is 4.79 Å². The van der Waals surface area contributed by atoms with Gasteiger partial charge in [-0.05, 0) is 12.5 Å². The Morgan fingerprint density at radius 3 is 2.88 bits per heavy atom. The molecular weight excluding hydrogens is 204 g/mol. The van der Waals surface area contributed by atoms with Gasteiger partial charge in [0.25, 0.3) is 0 Å². The van der Waals surface area contributed by atoms with Crippen molar-refractivity contribution in [1.29, 1.82) is 0 Å². The lowest BCUT2D eigenvalue weighted by molar-refractivity contribution is 0.0983. The Kier molecular flexibility index (Phi) is 2.73. The van der Waals surface area contributed by atoms with E-state index in [-0.39, 0.29) is 5.78 Å². The van der Waals surface area contributed by atoms with Crippen molar-refractivity contribution in [2.75, 3.05) is 31.3 Å². The topological polar surface area (TPSA) is 55.6 Å². The van der Waals surface area contributed by atoms with E-state index in [2.05, 4.69) is 0 Å². The molecule has 2 N–H and O–H groups in total. The van der Waals surface area contributed by atoms with Crippen LogP contribution in [-0.2, 0) is 0 Å². The van der Waals surface area contributed by atoms with E-state index >= 15 is 0 Å². The average Bonchev–Trinajstić information content (AvgIpc) is 2.39. The molecule has 16 heavy (non-hydrogen) atoms. The van der Waals surface area contributed by atoms with Crippen molar-refractivity contribution in [3.05, 3.63) is 17.7 Å². The number of ether oxygens (including phenoxy) is 1. The summed E-state index contributed by atoms with van der Waals surface area (Å²) in [6, 6.07) is 3.53. The van der Waals surface area contributed by atoms with E-state index in [1.54, 1.807) is 19.2 Å². The number of nitrogens with two attached hydrogens (primary N) is 1. The number of rotatable bonds is 1. The number of fused-ring (bicyclic) bond motifs is 1. The van der Waals surface area contributed by atoms with E-state index < -0.39 is 0 Å². The highest BCUT2D eigenvalue weighted by Gasteiger charge is 2.21. The summed E-state index contributed by atoms with van der Waals surface area (Å²) in [6.45, 7) is 0.856. The molecule has 1 aromatic carbocycles. The molecule has 2 rings (SSSR count). The fraction of sp³-hybridized carbons (Fsp3) is 0.417. The molecule has 0 saturated heterocycles. The Hall–Kier alpha value is -1.71. The number of nitrogen functional groups attached to an aromatic ring is 1. The zero-order valence-electron chi connectivity index (χ0n) is 9.62. The molecule has 4 nitrogen and oxygen atoms in total. The van der Waals surface area contributed by atoms with Gasteiger partial charge < -0.3 is 15.4 Å². The van der Waals surface area contributed by atoms with Gasteiger partial charge in [-0.25, -0.2) is 0 Å². The van der Waals surface area contributed by atoms with Crippen molar-refractivity contribution in [2.45, 2.75) is 12.8 Å². The van der Waals surface area contributed by atoms with E-state index in [0.29, 0.717) is 23.4 Å². The van der Waals surface area contributed by atoms with Gasteiger partial charge in [0.1, 0.15) is 5.75 Å². The zero-order valence-corrected chi connectivity index (χ0v) is 9.62. The van der Waals surface area contributed by atoms with Crippen LogP contribution < -0.4 is 15.4 Å². The number of carbonyl (C=O) groups excluding carboxylic acids is 1. The van der Waals surface area contributed by atoms with Gasteiger partial charge in [-0.1, -0.05) is 0 Å². The number of carbonyl (C=O) groups is 1. The van der Waals surface area contributed by atoms with Gasteiger partial charge >= 0.3 is 0 Å². The summed E-state index contributed by atoms with van der Waals surface area (Å²) in [6.07, 6.45) is 1.44. The minimum absolute atomic E-state index is 0.143. The number of hydrogen-bond donors (Lipinski definition) is 1. The van der Waals surface area contributed by atoms with E-state index in [4.69, 9.17) is 10.5 Å². The van der Waals surface area contributed by atoms with Crippen molar-refractivity contribution < 1.29 is 9.53 Å². The van der Waals surface area contributed by atoms with Crippen LogP contribution >= 0.6 is 0 Å². The number of hydrogen-bond acceptors (Lipinski definition) is 4. The second-order valence-corrected chi connectivity index (χ2v) is 4.06. The maximum Gasteiger partial charge on any atom is 0.165 e. The molecule has 1 heterocycles. The predicted octanol–water partition coefficient (Wildman–Crippen LogP) is 1.69. The predicted molar refractivity (Wildman–Crippen MR) is 64.2 cm³/mol. The molecule has 86 valence electrons. The molecule has 0 fully saturated rings. The molecule has 1 aliphatic rings. The Labute approximate surface area is 95.0 Å². The Balaban J connectivity index is 2.61. The number of anilines is 2. The maximum atomic E-state index is 11.9. The monoisotopic (exact) mass is 220 g/mol. The lowest BCUT2D eigenvalue weighted by atomic mass is 10.0. The minimum Gasteiger partial charge on any atom is -0.497 e. The summed E-state index contributed by atoms with van der Waals surface area (Å²) in [7, 11) is 3.53. The molecule has 1 aromatic rings. The highest BCUT2D eigenvalue weighted by atomic mass is 16.5. The standard InChI is InChI=1S/C12H16N2O2/c1-14-5-3-4-11(15)9-6-8(16-2)7-10(13)12(9)14/h6-7H,3-5,13H2,1-2H3. The quantitative estimate of drug-likeness (QED) is 0.732. The van der Waals surface area contributed by atoms with Crippen molar-refractivity contribution in [1.82, 2.24) is 0 Å². The second kappa shape index (κ2) is 4.04. The first-order valence-electron chi connectivity index (χ1n) is 5.35. The van der Waals surface area contributed by atoms with Gasteiger partial charge in [0.05, 0.1) is 18.5 Å². The first-order chi connectivity index (χ1) is 7.63. The summed E-state index contributed by atoms with van der Waals surface area (Å²) < 4.78 is 5.13. The van der Waals surface area contributed by atoms with Crippen molar-refractivity contribution in [2.24, 2.45) is 0 Å². The third-order valence-corrected chi connectivity index (χ3v) is 2.93. The summed E-state index contributed by atoms with van der Waals surface area (Å²) in [5, 5.41) is 0. The zero-order chi connectivity index (χ0) is 11.7. The molecule has 0 aromatic heterocycles. The highest BCUT2D eigenvalue weighted by Crippen LogP contribution is 2.34. The smallest absolute Gasteiger partial charge is 0.165 e. The van der Waals surface area contributed by atoms with Gasteiger partial charge in [-0.2, -0.15) is 0 Å². The van der Waals surface area contributed by atoms with Crippen LogP contribution in [0, 0.1) is 0 Å². The van der Waals surface area contributed by atoms with Gasteiger partial charge in [-0.15, -0.1) is 0 Å². The van der Waals surface area contributed by atoms with Crippen molar-refractivity contribution in [3.8, 4) is 5.75 Å². The van der Waals surface area contributed by atoms with Crippen LogP contribution in [-0.4, -0.2) is 26.5 Å². The van der Waals surface area contributed by atoms with Crippen LogP contribution in [0.15, 0.2) is 12.1 Å². The Morgan fingerprint density at radius 2 is 2.19 bits per heavy atom. The summed E-state index contributed by atoms with van der Waals surface area (Å²) >= 11 is 0. The molecule has 4 heteroatoms. The number of nitrogens with zero attached hydrogens (tertiary/aromatic N) is 1. The van der Waals surface area contributed by atoms with Gasteiger partial charge in [0, 0.05) is 31.6 Å². The molecule has 0 aliphatic carbocycles. The lowest BCUT2D eigenvalue weighted by Gasteiger charge is -2.21. The van der Waals surface area contributed by atoms with E-state index in [0.717, 1.165) is 18.7 Å². The summed E-state index contributed by atoms with van der Waals surface area (Å²) in [4.78, 5) is 14.0. The fourth-order valence-electron chi connectivity index (χ4n) is 2.11. The molecule has 0 bridgehead atoms. The first-order valence-corrected chi connectivity index (χ1v) is 5.35. The van der Waals surface area contributed by atoms with Crippen LogP contribution in [0.1, 0.15) is 23.2 Å². The number of methoxy groups -OCH3 is 1.